The highest BCUT2D eigenvalue weighted by molar-refractivity contribution is 5.76. The smallest absolute Gasteiger partial charge is 0.249 e. The summed E-state index contributed by atoms with van der Waals surface area (Å²) in [4.78, 5) is 17.0. The molecule has 6 nitrogen and oxygen atoms in total. The molecule has 0 aliphatic carbocycles. The van der Waals surface area contributed by atoms with Gasteiger partial charge in [0.25, 0.3) is 0 Å². The van der Waals surface area contributed by atoms with E-state index in [1.807, 2.05) is 61.5 Å². The highest BCUT2D eigenvalue weighted by Gasteiger charge is 2.22. The van der Waals surface area contributed by atoms with E-state index in [9.17, 15) is 4.79 Å². The third kappa shape index (κ3) is 6.26. The number of benzene rings is 2. The van der Waals surface area contributed by atoms with E-state index in [0.29, 0.717) is 31.1 Å². The lowest BCUT2D eigenvalue weighted by Crippen LogP contribution is -2.30. The molecule has 0 fully saturated rings. The molecule has 0 saturated heterocycles. The molecule has 0 saturated carbocycles. The van der Waals surface area contributed by atoms with Crippen LogP contribution in [0.2, 0.25) is 0 Å². The van der Waals surface area contributed by atoms with Crippen LogP contribution in [0.3, 0.4) is 0 Å². The summed E-state index contributed by atoms with van der Waals surface area (Å²) in [7, 11) is 0. The maximum absolute atomic E-state index is 12.5. The number of hydrogen-bond acceptors (Lipinski definition) is 5. The second-order valence-corrected chi connectivity index (χ2v) is 7.23. The van der Waals surface area contributed by atoms with Gasteiger partial charge in [-0.15, -0.1) is 0 Å². The number of hydrogen-bond donors (Lipinski definition) is 2. The van der Waals surface area contributed by atoms with Gasteiger partial charge in [0.2, 0.25) is 17.6 Å². The first-order valence-corrected chi connectivity index (χ1v) is 10.1. The molecule has 0 bridgehead atoms. The maximum Gasteiger partial charge on any atom is 0.249 e. The van der Waals surface area contributed by atoms with Crippen LogP contribution in [0.15, 0.2) is 59.1 Å². The van der Waals surface area contributed by atoms with Crippen molar-refractivity contribution in [2.75, 3.05) is 6.54 Å². The van der Waals surface area contributed by atoms with Gasteiger partial charge in [0.1, 0.15) is 6.04 Å². The minimum Gasteiger partial charge on any atom is -0.344 e. The van der Waals surface area contributed by atoms with Crippen molar-refractivity contribution in [2.24, 2.45) is 5.73 Å². The van der Waals surface area contributed by atoms with Crippen LogP contribution in [0.4, 0.5) is 0 Å². The first-order valence-electron chi connectivity index (χ1n) is 10.1. The summed E-state index contributed by atoms with van der Waals surface area (Å²) in [5, 5.41) is 7.19. The Hall–Kier alpha value is -2.99. The van der Waals surface area contributed by atoms with Gasteiger partial charge in [0.05, 0.1) is 0 Å². The number of nitrogens with two attached hydrogens (primary N) is 1. The molecule has 0 unspecified atom stereocenters. The molecule has 0 aliphatic heterocycles. The molecule has 0 spiro atoms. The third-order valence-corrected chi connectivity index (χ3v) is 4.78. The second kappa shape index (κ2) is 10.5. The first kappa shape index (κ1) is 20.7. The van der Waals surface area contributed by atoms with Crippen molar-refractivity contribution in [3.63, 3.8) is 0 Å². The van der Waals surface area contributed by atoms with E-state index in [1.165, 1.54) is 5.56 Å². The summed E-state index contributed by atoms with van der Waals surface area (Å²) in [5.41, 5.74) is 8.67. The monoisotopic (exact) mass is 392 g/mol. The lowest BCUT2D eigenvalue weighted by Gasteiger charge is -2.15. The predicted molar refractivity (Wildman–Crippen MR) is 113 cm³/mol. The molecule has 1 amide bonds. The number of amides is 1. The van der Waals surface area contributed by atoms with Crippen LogP contribution < -0.4 is 11.1 Å². The van der Waals surface area contributed by atoms with E-state index in [1.54, 1.807) is 0 Å². The fourth-order valence-corrected chi connectivity index (χ4v) is 3.12. The van der Waals surface area contributed by atoms with Crippen molar-refractivity contribution in [3.8, 4) is 11.4 Å². The number of aromatic nitrogens is 2. The molecule has 152 valence electrons. The minimum absolute atomic E-state index is 0.0157. The van der Waals surface area contributed by atoms with Crippen molar-refractivity contribution in [2.45, 2.75) is 45.1 Å². The Balaban J connectivity index is 1.74. The van der Waals surface area contributed by atoms with E-state index in [0.717, 1.165) is 30.4 Å². The predicted octanol–water partition coefficient (Wildman–Crippen LogP) is 3.96. The van der Waals surface area contributed by atoms with Gasteiger partial charge >= 0.3 is 0 Å². The number of nitrogens with one attached hydrogen (secondary N) is 1. The molecule has 29 heavy (non-hydrogen) atoms. The number of rotatable bonds is 10. The second-order valence-electron chi connectivity index (χ2n) is 7.23. The number of aryl methyl sites for hydroxylation is 1. The highest BCUT2D eigenvalue weighted by Crippen LogP contribution is 2.22. The minimum atomic E-state index is -0.369. The Morgan fingerprint density at radius 1 is 1.07 bits per heavy atom. The van der Waals surface area contributed by atoms with E-state index < -0.39 is 0 Å². The Bertz CT molecular complexity index is 891. The molecule has 6 heteroatoms. The number of nitrogens with zero attached hydrogens (tertiary/aromatic N) is 2. The molecule has 3 aromatic rings. The lowest BCUT2D eigenvalue weighted by atomic mass is 10.1. The summed E-state index contributed by atoms with van der Waals surface area (Å²) in [6.45, 7) is 2.69. The fraction of sp³-hybridized carbons (Fsp3) is 0.348. The zero-order valence-corrected chi connectivity index (χ0v) is 16.8. The molecule has 0 radical (unpaired) electrons. The average molecular weight is 393 g/mol. The van der Waals surface area contributed by atoms with Crippen LogP contribution >= 0.6 is 0 Å². The maximum atomic E-state index is 12.5. The molecule has 1 heterocycles. The van der Waals surface area contributed by atoms with Gasteiger partial charge in [0, 0.05) is 18.4 Å². The zero-order valence-electron chi connectivity index (χ0n) is 16.8. The van der Waals surface area contributed by atoms with Gasteiger partial charge in [-0.1, -0.05) is 71.7 Å². The quantitative estimate of drug-likeness (QED) is 0.509. The number of carbonyl (C=O) groups excluding carboxylic acids is 1. The Labute approximate surface area is 171 Å². The van der Waals surface area contributed by atoms with Crippen LogP contribution in [-0.2, 0) is 11.2 Å². The molecular formula is C23H28N4O2. The van der Waals surface area contributed by atoms with Crippen LogP contribution in [-0.4, -0.2) is 22.6 Å². The highest BCUT2D eigenvalue weighted by atomic mass is 16.5. The van der Waals surface area contributed by atoms with E-state index in [-0.39, 0.29) is 11.9 Å². The largest absolute Gasteiger partial charge is 0.344 e. The molecule has 1 aromatic heterocycles. The van der Waals surface area contributed by atoms with Crippen LogP contribution in [0.25, 0.3) is 11.4 Å². The van der Waals surface area contributed by atoms with Gasteiger partial charge in [-0.25, -0.2) is 0 Å². The molecule has 3 N–H and O–H groups in total. The lowest BCUT2D eigenvalue weighted by molar-refractivity contribution is -0.122. The normalized spacial score (nSPS) is 11.9. The third-order valence-electron chi connectivity index (χ3n) is 4.78. The molecule has 0 aliphatic rings. The summed E-state index contributed by atoms with van der Waals surface area (Å²) >= 11 is 0. The summed E-state index contributed by atoms with van der Waals surface area (Å²) < 4.78 is 5.54. The van der Waals surface area contributed by atoms with Crippen molar-refractivity contribution in [1.29, 1.82) is 0 Å². The van der Waals surface area contributed by atoms with Crippen LogP contribution in [0.1, 0.15) is 48.7 Å². The van der Waals surface area contributed by atoms with Gasteiger partial charge < -0.3 is 15.6 Å². The van der Waals surface area contributed by atoms with E-state index >= 15 is 0 Å². The Morgan fingerprint density at radius 2 is 1.83 bits per heavy atom. The summed E-state index contributed by atoms with van der Waals surface area (Å²) in [6.07, 6.45) is 3.75. The zero-order chi connectivity index (χ0) is 20.5. The van der Waals surface area contributed by atoms with Gasteiger partial charge in [-0.2, -0.15) is 4.98 Å². The molecular weight excluding hydrogens is 364 g/mol. The SMILES string of the molecule is Cc1ccc(-c2noc([C@@H](Cc3ccccc3)NC(=O)CCCCCN)n2)cc1. The van der Waals surface area contributed by atoms with Crippen LogP contribution in [0, 0.1) is 6.92 Å². The van der Waals surface area contributed by atoms with Crippen molar-refractivity contribution >= 4 is 5.91 Å². The van der Waals surface area contributed by atoms with E-state index in [2.05, 4.69) is 15.5 Å². The van der Waals surface area contributed by atoms with Crippen LogP contribution in [0.5, 0.6) is 0 Å². The number of carbonyl (C=O) groups is 1. The first-order chi connectivity index (χ1) is 14.2. The average Bonchev–Trinajstić information content (AvgIpc) is 3.22. The standard InChI is InChI=1S/C23H28N4O2/c1-17-11-13-19(14-12-17)22-26-23(29-27-22)20(16-18-8-4-2-5-9-18)25-21(28)10-6-3-7-15-24/h2,4-5,8-9,11-14,20H,3,6-7,10,15-16,24H2,1H3,(H,25,28)/t20-/m1/s1. The fourth-order valence-electron chi connectivity index (χ4n) is 3.12. The van der Waals surface area contributed by atoms with Gasteiger partial charge in [-0.05, 0) is 31.9 Å². The Kier molecular flexibility index (Phi) is 7.53. The number of unbranched alkanes of at least 4 members (excludes halogenated alkanes) is 2. The molecule has 1 atom stereocenters. The molecule has 3 rings (SSSR count). The van der Waals surface area contributed by atoms with Crippen molar-refractivity contribution < 1.29 is 9.32 Å². The topological polar surface area (TPSA) is 94.0 Å². The molecule has 2 aromatic carbocycles. The van der Waals surface area contributed by atoms with Gasteiger partial charge in [-0.3, -0.25) is 4.79 Å². The van der Waals surface area contributed by atoms with Crippen molar-refractivity contribution in [1.82, 2.24) is 15.5 Å². The van der Waals surface area contributed by atoms with Crippen molar-refractivity contribution in [3.05, 3.63) is 71.6 Å². The summed E-state index contributed by atoms with van der Waals surface area (Å²) in [5.74, 6) is 0.924. The van der Waals surface area contributed by atoms with Gasteiger partial charge in [0.15, 0.2) is 0 Å². The Morgan fingerprint density at radius 3 is 2.55 bits per heavy atom. The summed E-state index contributed by atoms with van der Waals surface area (Å²) in [6, 6.07) is 17.6. The van der Waals surface area contributed by atoms with E-state index in [4.69, 9.17) is 10.3 Å².